The highest BCUT2D eigenvalue weighted by molar-refractivity contribution is 9.10. The van der Waals surface area contributed by atoms with Gasteiger partial charge in [-0.15, -0.1) is 0 Å². The summed E-state index contributed by atoms with van der Waals surface area (Å²) in [6.45, 7) is 8.48. The topological polar surface area (TPSA) is 32.8 Å². The molecule has 1 aromatic carbocycles. The quantitative estimate of drug-likeness (QED) is 0.669. The molecular formula is C21H30BrFN2O2. The second-order valence-corrected chi connectivity index (χ2v) is 9.23. The number of anilines is 1. The molecule has 150 valence electrons. The van der Waals surface area contributed by atoms with Gasteiger partial charge < -0.3 is 14.5 Å². The maximum atomic E-state index is 12.7. The van der Waals surface area contributed by atoms with Crippen LogP contribution >= 0.6 is 15.9 Å². The summed E-state index contributed by atoms with van der Waals surface area (Å²) in [7, 11) is 0. The molecule has 0 N–H and O–H groups in total. The Morgan fingerprint density at radius 1 is 1.19 bits per heavy atom. The number of alkyl halides is 1. The van der Waals surface area contributed by atoms with Crippen LogP contribution in [0, 0.1) is 0 Å². The fourth-order valence-electron chi connectivity index (χ4n) is 3.99. The van der Waals surface area contributed by atoms with Crippen molar-refractivity contribution in [2.75, 3.05) is 37.8 Å². The zero-order chi connectivity index (χ0) is 19.6. The number of rotatable bonds is 3. The van der Waals surface area contributed by atoms with E-state index in [1.54, 1.807) is 0 Å². The summed E-state index contributed by atoms with van der Waals surface area (Å²) in [6, 6.07) is 2.32. The smallest absolute Gasteiger partial charge is 0.410 e. The number of nitrogens with zero attached hydrogens (tertiary/aromatic N) is 2. The van der Waals surface area contributed by atoms with Crippen molar-refractivity contribution >= 4 is 27.7 Å². The largest absolute Gasteiger partial charge is 0.444 e. The van der Waals surface area contributed by atoms with E-state index in [1.807, 2.05) is 25.7 Å². The molecule has 6 heteroatoms. The van der Waals surface area contributed by atoms with E-state index in [2.05, 4.69) is 26.9 Å². The van der Waals surface area contributed by atoms with Gasteiger partial charge in [-0.25, -0.2) is 4.79 Å². The van der Waals surface area contributed by atoms with Crippen molar-refractivity contribution in [1.29, 1.82) is 0 Å². The molecule has 0 radical (unpaired) electrons. The summed E-state index contributed by atoms with van der Waals surface area (Å²) >= 11 is 3.86. The Morgan fingerprint density at radius 3 is 2.63 bits per heavy atom. The highest BCUT2D eigenvalue weighted by Crippen LogP contribution is 2.40. The Hall–Kier alpha value is -1.30. The van der Waals surface area contributed by atoms with Gasteiger partial charge in [0.1, 0.15) is 5.60 Å². The highest BCUT2D eigenvalue weighted by atomic mass is 79.9. The average Bonchev–Trinajstić information content (AvgIpc) is 2.81. The molecule has 0 fully saturated rings. The number of ether oxygens (including phenoxy) is 1. The van der Waals surface area contributed by atoms with E-state index in [4.69, 9.17) is 4.74 Å². The van der Waals surface area contributed by atoms with E-state index >= 15 is 0 Å². The zero-order valence-electron chi connectivity index (χ0n) is 16.6. The number of carbonyl (C=O) groups excluding carboxylic acids is 1. The molecule has 0 atom stereocenters. The lowest BCUT2D eigenvalue weighted by Crippen LogP contribution is -2.38. The van der Waals surface area contributed by atoms with Crippen molar-refractivity contribution < 1.29 is 13.9 Å². The molecule has 1 aromatic rings. The number of benzene rings is 1. The van der Waals surface area contributed by atoms with Gasteiger partial charge >= 0.3 is 6.09 Å². The van der Waals surface area contributed by atoms with Gasteiger partial charge in [0.25, 0.3) is 0 Å². The van der Waals surface area contributed by atoms with Gasteiger partial charge in [0.05, 0.1) is 12.4 Å². The molecule has 2 aliphatic rings. The number of halogens is 2. The van der Waals surface area contributed by atoms with Crippen LogP contribution in [0.1, 0.15) is 50.3 Å². The van der Waals surface area contributed by atoms with E-state index in [9.17, 15) is 9.18 Å². The fraction of sp³-hybridized carbons (Fsp3) is 0.667. The van der Waals surface area contributed by atoms with Crippen molar-refractivity contribution in [3.63, 3.8) is 0 Å². The number of hydrogen-bond donors (Lipinski definition) is 0. The fourth-order valence-corrected chi connectivity index (χ4v) is 4.94. The molecule has 0 bridgehead atoms. The van der Waals surface area contributed by atoms with Crippen LogP contribution in [0.5, 0.6) is 0 Å². The molecule has 2 heterocycles. The third-order valence-electron chi connectivity index (χ3n) is 5.20. The molecule has 3 rings (SSSR count). The monoisotopic (exact) mass is 440 g/mol. The van der Waals surface area contributed by atoms with Crippen LogP contribution in [0.25, 0.3) is 0 Å². The predicted molar refractivity (Wildman–Crippen MR) is 110 cm³/mol. The molecule has 2 aliphatic heterocycles. The normalized spacial score (nSPS) is 17.2. The van der Waals surface area contributed by atoms with E-state index in [1.165, 1.54) is 22.4 Å². The summed E-state index contributed by atoms with van der Waals surface area (Å²) in [4.78, 5) is 16.6. The number of amides is 1. The van der Waals surface area contributed by atoms with E-state index < -0.39 is 5.60 Å². The van der Waals surface area contributed by atoms with Crippen molar-refractivity contribution in [3.8, 4) is 0 Å². The van der Waals surface area contributed by atoms with Gasteiger partial charge in [-0.3, -0.25) is 4.39 Å². The van der Waals surface area contributed by atoms with Crippen molar-refractivity contribution in [3.05, 3.63) is 27.2 Å². The molecule has 1 amide bonds. The molecule has 4 nitrogen and oxygen atoms in total. The lowest BCUT2D eigenvalue weighted by atomic mass is 9.93. The molecule has 0 saturated carbocycles. The van der Waals surface area contributed by atoms with Gasteiger partial charge in [0.2, 0.25) is 0 Å². The summed E-state index contributed by atoms with van der Waals surface area (Å²) < 4.78 is 19.4. The predicted octanol–water partition coefficient (Wildman–Crippen LogP) is 4.90. The van der Waals surface area contributed by atoms with Gasteiger partial charge in [-0.1, -0.05) is 6.07 Å². The lowest BCUT2D eigenvalue weighted by molar-refractivity contribution is 0.0258. The van der Waals surface area contributed by atoms with Crippen LogP contribution < -0.4 is 4.90 Å². The first-order valence-corrected chi connectivity index (χ1v) is 10.7. The standard InChI is InChI=1S/C21H30BrFN2O2/c1-21(2,3)27-20(26)25-12-7-15-14-16-6-4-10-24(11-5-9-23)19(16)18(22)17(15)8-13-25/h14H,4-13H2,1-3H3. The Kier molecular flexibility index (Phi) is 6.34. The summed E-state index contributed by atoms with van der Waals surface area (Å²) in [6.07, 6.45) is 4.14. The third-order valence-corrected chi connectivity index (χ3v) is 6.05. The molecule has 27 heavy (non-hydrogen) atoms. The van der Waals surface area contributed by atoms with Crippen LogP contribution in [0.2, 0.25) is 0 Å². The van der Waals surface area contributed by atoms with Gasteiger partial charge in [-0.05, 0) is 85.5 Å². The van der Waals surface area contributed by atoms with Gasteiger partial charge in [-0.2, -0.15) is 0 Å². The second-order valence-electron chi connectivity index (χ2n) is 8.44. The molecule has 0 spiro atoms. The van der Waals surface area contributed by atoms with Crippen LogP contribution in [-0.4, -0.2) is 49.4 Å². The first-order valence-electron chi connectivity index (χ1n) is 9.92. The molecule has 0 saturated heterocycles. The summed E-state index contributed by atoms with van der Waals surface area (Å²) in [5.74, 6) is 0. The van der Waals surface area contributed by atoms with Gasteiger partial charge in [0, 0.05) is 30.7 Å². The van der Waals surface area contributed by atoms with E-state index in [0.717, 1.165) is 43.2 Å². The second kappa shape index (κ2) is 8.38. The summed E-state index contributed by atoms with van der Waals surface area (Å²) in [5.41, 5.74) is 4.70. The number of fused-ring (bicyclic) bond motifs is 2. The minimum Gasteiger partial charge on any atom is -0.444 e. The SMILES string of the molecule is CC(C)(C)OC(=O)N1CCc2cc3c(c(Br)c2CC1)N(CCCF)CCC3. The Bertz CT molecular complexity index is 702. The first kappa shape index (κ1) is 20.4. The number of hydrogen-bond acceptors (Lipinski definition) is 3. The number of aryl methyl sites for hydroxylation is 1. The third kappa shape index (κ3) is 4.76. The molecule has 0 aliphatic carbocycles. The van der Waals surface area contributed by atoms with Crippen LogP contribution in [0.3, 0.4) is 0 Å². The van der Waals surface area contributed by atoms with E-state index in [0.29, 0.717) is 19.5 Å². The zero-order valence-corrected chi connectivity index (χ0v) is 18.2. The van der Waals surface area contributed by atoms with Crippen LogP contribution in [0.15, 0.2) is 10.5 Å². The Morgan fingerprint density at radius 2 is 1.93 bits per heavy atom. The number of carbonyl (C=O) groups is 1. The minimum atomic E-state index is -0.479. The maximum Gasteiger partial charge on any atom is 0.410 e. The van der Waals surface area contributed by atoms with Crippen LogP contribution in [-0.2, 0) is 24.0 Å². The van der Waals surface area contributed by atoms with Crippen LogP contribution in [0.4, 0.5) is 14.9 Å². The Labute approximate surface area is 170 Å². The average molecular weight is 441 g/mol. The molecule has 0 aromatic heterocycles. The van der Waals surface area contributed by atoms with Crippen molar-refractivity contribution in [2.45, 2.75) is 58.5 Å². The maximum absolute atomic E-state index is 12.7. The summed E-state index contributed by atoms with van der Waals surface area (Å²) in [5, 5.41) is 0. The van der Waals surface area contributed by atoms with E-state index in [-0.39, 0.29) is 12.8 Å². The van der Waals surface area contributed by atoms with Gasteiger partial charge in [0.15, 0.2) is 0 Å². The highest BCUT2D eigenvalue weighted by Gasteiger charge is 2.28. The van der Waals surface area contributed by atoms with Crippen molar-refractivity contribution in [2.24, 2.45) is 0 Å². The van der Waals surface area contributed by atoms with Crippen molar-refractivity contribution in [1.82, 2.24) is 4.90 Å². The Balaban J connectivity index is 1.83. The first-order chi connectivity index (χ1) is 12.8. The molecule has 0 unspecified atom stereocenters. The molecular weight excluding hydrogens is 411 g/mol. The lowest BCUT2D eigenvalue weighted by Gasteiger charge is -2.33. The minimum absolute atomic E-state index is 0.235.